The van der Waals surface area contributed by atoms with Gasteiger partial charge in [-0.3, -0.25) is 0 Å². The molecule has 6 heteroatoms. The molecule has 13 aromatic carbocycles. The topological polar surface area (TPSA) is 16.3 Å². The van der Waals surface area contributed by atoms with E-state index >= 15 is 0 Å². The minimum Gasteiger partial charge on any atom is -0.310 e. The van der Waals surface area contributed by atoms with Crippen LogP contribution in [0.3, 0.4) is 0 Å². The van der Waals surface area contributed by atoms with E-state index in [-0.39, 0.29) is 11.6 Å². The van der Waals surface area contributed by atoms with Gasteiger partial charge in [0.25, 0.3) is 0 Å². The maximum Gasteiger partial charge on any atom is 0.123 e. The van der Waals surface area contributed by atoms with Gasteiger partial charge in [0, 0.05) is 67.0 Å². The Bertz CT molecular complexity index is 4880. The Labute approximate surface area is 485 Å². The molecule has 0 aliphatic heterocycles. The van der Waals surface area contributed by atoms with Crippen molar-refractivity contribution in [2.45, 2.75) is 0 Å². The number of hydrogen-bond donors (Lipinski definition) is 0. The number of anilines is 6. The van der Waals surface area contributed by atoms with E-state index in [1.54, 1.807) is 0 Å². The summed E-state index contributed by atoms with van der Waals surface area (Å²) in [5.74, 6) is -0.524. The molecule has 0 saturated heterocycles. The van der Waals surface area contributed by atoms with E-state index in [2.05, 4.69) is 274 Å². The van der Waals surface area contributed by atoms with Crippen molar-refractivity contribution in [2.75, 3.05) is 9.80 Å². The van der Waals surface area contributed by atoms with Crippen LogP contribution in [0.4, 0.5) is 42.9 Å². The molecular formula is C78H52F2N4. The van der Waals surface area contributed by atoms with Gasteiger partial charge in [0.15, 0.2) is 0 Å². The Morgan fingerprint density at radius 1 is 0.202 bits per heavy atom. The van der Waals surface area contributed by atoms with Gasteiger partial charge in [-0.05, 0) is 196 Å². The first kappa shape index (κ1) is 49.9. The molecule has 0 saturated carbocycles. The van der Waals surface area contributed by atoms with Crippen molar-refractivity contribution in [2.24, 2.45) is 0 Å². The summed E-state index contributed by atoms with van der Waals surface area (Å²) in [4.78, 5) is 4.67. The molecule has 0 spiro atoms. The van der Waals surface area contributed by atoms with Crippen molar-refractivity contribution in [3.8, 4) is 55.9 Å². The second-order valence-corrected chi connectivity index (χ2v) is 21.2. The quantitative estimate of drug-likeness (QED) is 0.121. The summed E-state index contributed by atoms with van der Waals surface area (Å²) in [6.45, 7) is 0. The highest BCUT2D eigenvalue weighted by molar-refractivity contribution is 6.12. The Morgan fingerprint density at radius 2 is 0.512 bits per heavy atom. The number of halogens is 2. The van der Waals surface area contributed by atoms with Crippen LogP contribution < -0.4 is 9.80 Å². The van der Waals surface area contributed by atoms with Crippen molar-refractivity contribution in [3.63, 3.8) is 0 Å². The summed E-state index contributed by atoms with van der Waals surface area (Å²) in [6, 6.07) is 109. The highest BCUT2D eigenvalue weighted by Crippen LogP contribution is 2.44. The van der Waals surface area contributed by atoms with Crippen LogP contribution >= 0.6 is 0 Å². The van der Waals surface area contributed by atoms with Gasteiger partial charge in [0.05, 0.1) is 22.1 Å². The largest absolute Gasteiger partial charge is 0.310 e. The van der Waals surface area contributed by atoms with Crippen LogP contribution in [0.25, 0.3) is 99.5 Å². The summed E-state index contributed by atoms with van der Waals surface area (Å²) in [7, 11) is 0. The van der Waals surface area contributed by atoms with Crippen molar-refractivity contribution in [1.82, 2.24) is 9.13 Å². The minimum absolute atomic E-state index is 0.262. The maximum atomic E-state index is 14.2. The van der Waals surface area contributed by atoms with Gasteiger partial charge in [0.2, 0.25) is 0 Å². The third-order valence-corrected chi connectivity index (χ3v) is 16.2. The molecule has 0 atom stereocenters. The predicted octanol–water partition coefficient (Wildman–Crippen LogP) is 21.8. The molecule has 2 heterocycles. The zero-order chi connectivity index (χ0) is 56.1. The molecule has 398 valence electrons. The standard InChI is InChI=1S/C78H52F2N4/c79-61-31-41-66(42-32-61)83-75-23-9-7-21-71(75)73-51-69(45-47-77(73)83)81(63-35-25-55(26-36-63)53-13-3-1-4-14-53)64-39-29-57(30-40-64)58-17-11-18-59(49-58)60-19-12-20-68(50-60)82(65-37-27-56(28-38-65)54-15-5-2-6-16-54)70-46-48-78-74(52-70)72-22-8-10-24-76(72)84(78)67-43-33-62(80)34-44-67/h1-52H. The summed E-state index contributed by atoms with van der Waals surface area (Å²) in [5.41, 5.74) is 21.2. The lowest BCUT2D eigenvalue weighted by Crippen LogP contribution is -2.10. The van der Waals surface area contributed by atoms with E-state index < -0.39 is 0 Å². The fourth-order valence-electron chi connectivity index (χ4n) is 12.2. The average molecular weight is 1080 g/mol. The summed E-state index contributed by atoms with van der Waals surface area (Å²) in [5, 5.41) is 4.44. The van der Waals surface area contributed by atoms with Gasteiger partial charge in [0.1, 0.15) is 11.6 Å². The zero-order valence-electron chi connectivity index (χ0n) is 45.6. The number of benzene rings is 13. The van der Waals surface area contributed by atoms with Gasteiger partial charge in [-0.2, -0.15) is 0 Å². The third kappa shape index (κ3) is 9.13. The smallest absolute Gasteiger partial charge is 0.123 e. The van der Waals surface area contributed by atoms with Gasteiger partial charge < -0.3 is 18.9 Å². The molecule has 0 aliphatic carbocycles. The molecule has 15 rings (SSSR count). The molecule has 0 radical (unpaired) electrons. The Hall–Kier alpha value is -11.1. The number of nitrogens with zero attached hydrogens (tertiary/aromatic N) is 4. The van der Waals surface area contributed by atoms with Gasteiger partial charge in [-0.1, -0.05) is 164 Å². The first-order valence-electron chi connectivity index (χ1n) is 28.3. The van der Waals surface area contributed by atoms with Crippen LogP contribution in [0.15, 0.2) is 315 Å². The number of fused-ring (bicyclic) bond motifs is 6. The van der Waals surface area contributed by atoms with Crippen molar-refractivity contribution in [1.29, 1.82) is 0 Å². The third-order valence-electron chi connectivity index (χ3n) is 16.2. The van der Waals surface area contributed by atoms with E-state index in [1.807, 2.05) is 36.4 Å². The molecular weight excluding hydrogens is 1030 g/mol. The van der Waals surface area contributed by atoms with Crippen LogP contribution in [0.5, 0.6) is 0 Å². The van der Waals surface area contributed by atoms with E-state index in [4.69, 9.17) is 0 Å². The van der Waals surface area contributed by atoms with Crippen molar-refractivity contribution < 1.29 is 8.78 Å². The summed E-state index contributed by atoms with van der Waals surface area (Å²) < 4.78 is 32.9. The lowest BCUT2D eigenvalue weighted by atomic mass is 9.98. The fourth-order valence-corrected chi connectivity index (χ4v) is 12.2. The Balaban J connectivity index is 0.797. The normalized spacial score (nSPS) is 11.5. The van der Waals surface area contributed by atoms with Crippen LogP contribution in [0, 0.1) is 11.6 Å². The van der Waals surface area contributed by atoms with Crippen LogP contribution in [-0.4, -0.2) is 9.13 Å². The molecule has 0 amide bonds. The van der Waals surface area contributed by atoms with Gasteiger partial charge >= 0.3 is 0 Å². The van der Waals surface area contributed by atoms with Crippen molar-refractivity contribution >= 4 is 77.7 Å². The van der Waals surface area contributed by atoms with Crippen molar-refractivity contribution in [3.05, 3.63) is 327 Å². The van der Waals surface area contributed by atoms with E-state index in [1.165, 1.54) is 24.3 Å². The van der Waals surface area contributed by atoms with Crippen LogP contribution in [-0.2, 0) is 0 Å². The predicted molar refractivity (Wildman–Crippen MR) is 346 cm³/mol. The van der Waals surface area contributed by atoms with Crippen LogP contribution in [0.1, 0.15) is 0 Å². The first-order chi connectivity index (χ1) is 41.5. The fraction of sp³-hybridized carbons (Fsp3) is 0. The molecule has 15 aromatic rings. The summed E-state index contributed by atoms with van der Waals surface area (Å²) in [6.07, 6.45) is 0. The molecule has 0 unspecified atom stereocenters. The maximum absolute atomic E-state index is 14.2. The second kappa shape index (κ2) is 21.1. The molecule has 84 heavy (non-hydrogen) atoms. The average Bonchev–Trinajstić information content (AvgIpc) is 2.38. The second-order valence-electron chi connectivity index (χ2n) is 21.2. The molecule has 0 N–H and O–H groups in total. The number of aromatic nitrogens is 2. The van der Waals surface area contributed by atoms with Crippen LogP contribution in [0.2, 0.25) is 0 Å². The number of rotatable bonds is 12. The van der Waals surface area contributed by atoms with E-state index in [0.29, 0.717) is 0 Å². The highest BCUT2D eigenvalue weighted by Gasteiger charge is 2.21. The lowest BCUT2D eigenvalue weighted by molar-refractivity contribution is 0.627. The monoisotopic (exact) mass is 1080 g/mol. The minimum atomic E-state index is -0.263. The molecule has 0 aliphatic rings. The SMILES string of the molecule is Fc1ccc(-n2c3ccccc3c3cc(N(c4ccc(-c5ccccc5)cc4)c4ccc(-c5cccc(-c6cccc(N(c7ccc(-c8ccccc8)cc7)c7ccc8c(c7)c7ccccc7n8-c7ccc(F)cc7)c6)c5)cc4)ccc32)cc1. The molecule has 2 aromatic heterocycles. The number of hydrogen-bond acceptors (Lipinski definition) is 2. The Kier molecular flexibility index (Phi) is 12.5. The molecule has 0 fully saturated rings. The molecule has 0 bridgehead atoms. The van der Waals surface area contributed by atoms with E-state index in [0.717, 1.165) is 134 Å². The lowest BCUT2D eigenvalue weighted by Gasteiger charge is -2.26. The summed E-state index contributed by atoms with van der Waals surface area (Å²) >= 11 is 0. The number of para-hydroxylation sites is 2. The van der Waals surface area contributed by atoms with Gasteiger partial charge in [-0.15, -0.1) is 0 Å². The zero-order valence-corrected chi connectivity index (χ0v) is 45.6. The highest BCUT2D eigenvalue weighted by atomic mass is 19.1. The van der Waals surface area contributed by atoms with Gasteiger partial charge in [-0.25, -0.2) is 8.78 Å². The van der Waals surface area contributed by atoms with E-state index in [9.17, 15) is 8.78 Å². The molecule has 4 nitrogen and oxygen atoms in total. The Morgan fingerprint density at radius 3 is 0.964 bits per heavy atom. The first-order valence-corrected chi connectivity index (χ1v) is 28.3.